The van der Waals surface area contributed by atoms with E-state index in [0.29, 0.717) is 25.0 Å². The Kier molecular flexibility index (Phi) is 26.7. The summed E-state index contributed by atoms with van der Waals surface area (Å²) in [5, 5.41) is 0. The number of unbranched alkanes of at least 4 members (excludes halogenated alkanes) is 11. The summed E-state index contributed by atoms with van der Waals surface area (Å²) in [6.07, 6.45) is 33.4. The molecule has 0 aliphatic carbocycles. The number of phosphoric acid groups is 1. The molecule has 10 heteroatoms. The predicted molar refractivity (Wildman–Crippen MR) is 192 cm³/mol. The van der Waals surface area contributed by atoms with Gasteiger partial charge in [0.15, 0.2) is 6.10 Å². The zero-order valence-electron chi connectivity index (χ0n) is 30.2. The molecule has 3 atom stereocenters. The molecule has 1 saturated heterocycles. The van der Waals surface area contributed by atoms with E-state index >= 15 is 0 Å². The van der Waals surface area contributed by atoms with Crippen LogP contribution in [-0.2, 0) is 32.9 Å². The van der Waals surface area contributed by atoms with Crippen molar-refractivity contribution in [1.29, 1.82) is 0 Å². The average Bonchev–Trinajstić information content (AvgIpc) is 3.79. The normalized spacial score (nSPS) is 17.2. The summed E-state index contributed by atoms with van der Waals surface area (Å²) in [5.41, 5.74) is 0. The highest BCUT2D eigenvalue weighted by molar-refractivity contribution is 7.46. The molecule has 0 bridgehead atoms. The van der Waals surface area contributed by atoms with Crippen LogP contribution in [0.25, 0.3) is 0 Å². The second kappa shape index (κ2) is 29.0. The molecular formula is C38H67O9P. The highest BCUT2D eigenvalue weighted by atomic mass is 31.2. The first kappa shape index (κ1) is 44.3. The van der Waals surface area contributed by atoms with Gasteiger partial charge in [0.05, 0.1) is 18.8 Å². The molecule has 2 unspecified atom stereocenters. The van der Waals surface area contributed by atoms with Crippen molar-refractivity contribution >= 4 is 19.8 Å². The van der Waals surface area contributed by atoms with Crippen LogP contribution in [0.15, 0.2) is 36.5 Å². The number of allylic oxidation sites excluding steroid dienone is 5. The molecule has 0 saturated carbocycles. The fourth-order valence-corrected chi connectivity index (χ4v) is 5.71. The Balaban J connectivity index is 2.13. The number of epoxide rings is 1. The minimum atomic E-state index is -4.76. The van der Waals surface area contributed by atoms with Crippen molar-refractivity contribution in [3.05, 3.63) is 36.5 Å². The average molecular weight is 699 g/mol. The van der Waals surface area contributed by atoms with Crippen molar-refractivity contribution in [2.45, 2.75) is 174 Å². The van der Waals surface area contributed by atoms with Crippen LogP contribution in [0.1, 0.15) is 156 Å². The van der Waals surface area contributed by atoms with Crippen molar-refractivity contribution in [2.24, 2.45) is 5.92 Å². The molecule has 0 aromatic rings. The fourth-order valence-electron chi connectivity index (χ4n) is 5.35. The second-order valence-corrected chi connectivity index (χ2v) is 14.7. The molecule has 1 aliphatic heterocycles. The number of esters is 2. The number of carbonyl (C=O) groups is 2. The lowest BCUT2D eigenvalue weighted by Crippen LogP contribution is -2.29. The molecular weight excluding hydrogens is 631 g/mol. The molecule has 1 rings (SSSR count). The Hall–Kier alpha value is -1.77. The van der Waals surface area contributed by atoms with Gasteiger partial charge in [-0.3, -0.25) is 14.1 Å². The van der Waals surface area contributed by atoms with Crippen LogP contribution in [0.2, 0.25) is 0 Å². The summed E-state index contributed by atoms with van der Waals surface area (Å²) < 4.78 is 31.9. The van der Waals surface area contributed by atoms with Crippen LogP contribution in [-0.4, -0.2) is 53.3 Å². The van der Waals surface area contributed by atoms with Crippen LogP contribution < -0.4 is 0 Å². The zero-order valence-corrected chi connectivity index (χ0v) is 31.1. The number of hydrogen-bond acceptors (Lipinski definition) is 7. The first-order valence-electron chi connectivity index (χ1n) is 18.8. The lowest BCUT2D eigenvalue weighted by atomic mass is 10.0. The number of carbonyl (C=O) groups excluding carboxylic acids is 2. The van der Waals surface area contributed by atoms with E-state index in [9.17, 15) is 14.2 Å². The van der Waals surface area contributed by atoms with Gasteiger partial charge in [0.2, 0.25) is 0 Å². The van der Waals surface area contributed by atoms with Gasteiger partial charge in [0.25, 0.3) is 0 Å². The Labute approximate surface area is 291 Å². The second-order valence-electron chi connectivity index (χ2n) is 13.4. The van der Waals surface area contributed by atoms with E-state index in [1.807, 2.05) is 6.08 Å². The van der Waals surface area contributed by atoms with Crippen LogP contribution in [0.3, 0.4) is 0 Å². The largest absolute Gasteiger partial charge is 0.469 e. The van der Waals surface area contributed by atoms with Gasteiger partial charge in [-0.25, -0.2) is 4.57 Å². The van der Waals surface area contributed by atoms with Crippen molar-refractivity contribution in [2.75, 3.05) is 13.2 Å². The van der Waals surface area contributed by atoms with Gasteiger partial charge in [0.1, 0.15) is 6.61 Å². The molecule has 1 aliphatic rings. The molecule has 0 aromatic heterocycles. The molecule has 0 spiro atoms. The highest BCUT2D eigenvalue weighted by Gasteiger charge is 2.36. The van der Waals surface area contributed by atoms with Gasteiger partial charge in [-0.05, 0) is 50.9 Å². The third-order valence-electron chi connectivity index (χ3n) is 8.26. The third-order valence-corrected chi connectivity index (χ3v) is 8.75. The maximum Gasteiger partial charge on any atom is 0.469 e. The lowest BCUT2D eigenvalue weighted by Gasteiger charge is -2.18. The molecule has 2 N–H and O–H groups in total. The number of phosphoric ester groups is 1. The predicted octanol–water partition coefficient (Wildman–Crippen LogP) is 9.85. The standard InChI is InChI=1S/C38H67O9P/c1-4-5-21-27-35-36(47-35)28-23-18-14-10-6-7-11-15-19-24-29-37(39)44-31-34(32-45-48(41,42)43)46-38(40)30-25-20-16-12-8-9-13-17-22-26-33(2)3/h6,10-11,15,18,23,33-36H,4-5,7-9,12-14,16-17,19-22,24-32H2,1-3H3,(H2,41,42,43)/b10-6-,15-11-,23-18-/t34-,35?,36?/m1/s1. The maximum atomic E-state index is 12.3. The van der Waals surface area contributed by atoms with Gasteiger partial charge in [0, 0.05) is 12.8 Å². The summed E-state index contributed by atoms with van der Waals surface area (Å²) in [4.78, 5) is 42.6. The SMILES string of the molecule is CCCCCC1OC1C/C=C\C/C=C\C/C=C\CCCC(=O)OC[C@H](COP(=O)(O)O)OC(=O)CCCCCCCCCCCC(C)C. The molecule has 1 heterocycles. The molecule has 9 nitrogen and oxygen atoms in total. The van der Waals surface area contributed by atoms with Gasteiger partial charge in [-0.15, -0.1) is 0 Å². The molecule has 0 amide bonds. The lowest BCUT2D eigenvalue weighted by molar-refractivity contribution is -0.161. The summed E-state index contributed by atoms with van der Waals surface area (Å²) in [6, 6.07) is 0. The fraction of sp³-hybridized carbons (Fsp3) is 0.789. The van der Waals surface area contributed by atoms with Gasteiger partial charge in [-0.1, -0.05) is 134 Å². The van der Waals surface area contributed by atoms with Crippen LogP contribution in [0, 0.1) is 5.92 Å². The van der Waals surface area contributed by atoms with Crippen molar-refractivity contribution < 1.29 is 42.7 Å². The van der Waals surface area contributed by atoms with Crippen LogP contribution >= 0.6 is 7.82 Å². The van der Waals surface area contributed by atoms with E-state index in [-0.39, 0.29) is 19.4 Å². The molecule has 278 valence electrons. The topological polar surface area (TPSA) is 132 Å². The Morgan fingerprint density at radius 1 is 0.729 bits per heavy atom. The first-order chi connectivity index (χ1) is 23.1. The van der Waals surface area contributed by atoms with Gasteiger partial charge >= 0.3 is 19.8 Å². The maximum absolute atomic E-state index is 12.3. The summed E-state index contributed by atoms with van der Waals surface area (Å²) >= 11 is 0. The van der Waals surface area contributed by atoms with E-state index in [1.54, 1.807) is 0 Å². The monoisotopic (exact) mass is 698 g/mol. The summed E-state index contributed by atoms with van der Waals surface area (Å²) in [5.74, 6) is -0.178. The molecule has 0 aromatic carbocycles. The first-order valence-corrected chi connectivity index (χ1v) is 20.3. The Bertz CT molecular complexity index is 956. The van der Waals surface area contributed by atoms with Gasteiger partial charge < -0.3 is 24.0 Å². The van der Waals surface area contributed by atoms with Crippen molar-refractivity contribution in [1.82, 2.24) is 0 Å². The molecule has 1 fully saturated rings. The zero-order chi connectivity index (χ0) is 35.3. The van der Waals surface area contributed by atoms with E-state index < -0.39 is 32.5 Å². The number of rotatable bonds is 32. The molecule has 0 radical (unpaired) electrons. The van der Waals surface area contributed by atoms with E-state index in [1.165, 1.54) is 64.2 Å². The smallest absolute Gasteiger partial charge is 0.462 e. The van der Waals surface area contributed by atoms with E-state index in [0.717, 1.165) is 50.9 Å². The quantitative estimate of drug-likeness (QED) is 0.0232. The number of hydrogen-bond donors (Lipinski definition) is 2. The van der Waals surface area contributed by atoms with Crippen LogP contribution in [0.5, 0.6) is 0 Å². The summed E-state index contributed by atoms with van der Waals surface area (Å²) in [7, 11) is -4.76. The van der Waals surface area contributed by atoms with Crippen molar-refractivity contribution in [3.63, 3.8) is 0 Å². The Morgan fingerprint density at radius 3 is 1.98 bits per heavy atom. The van der Waals surface area contributed by atoms with Gasteiger partial charge in [-0.2, -0.15) is 0 Å². The minimum absolute atomic E-state index is 0.188. The van der Waals surface area contributed by atoms with Crippen molar-refractivity contribution in [3.8, 4) is 0 Å². The minimum Gasteiger partial charge on any atom is -0.462 e. The molecule has 48 heavy (non-hydrogen) atoms. The van der Waals surface area contributed by atoms with E-state index in [4.69, 9.17) is 24.0 Å². The number of ether oxygens (including phenoxy) is 3. The van der Waals surface area contributed by atoms with Crippen LogP contribution in [0.4, 0.5) is 0 Å². The van der Waals surface area contributed by atoms with E-state index in [2.05, 4.69) is 55.7 Å². The third kappa shape index (κ3) is 29.2. The Morgan fingerprint density at radius 2 is 1.33 bits per heavy atom. The summed E-state index contributed by atoms with van der Waals surface area (Å²) in [6.45, 7) is 5.88. The highest BCUT2D eigenvalue weighted by Crippen LogP contribution is 2.36.